The number of likely N-dealkylation sites (N-methyl/N-ethyl adjacent to an activating group) is 1. The molecule has 4 aromatic rings. The average Bonchev–Trinajstić information content (AvgIpc) is 3.69. The Labute approximate surface area is 350 Å². The molecule has 1 unspecified atom stereocenters. The van der Waals surface area contributed by atoms with Crippen molar-refractivity contribution in [1.29, 1.82) is 0 Å². The molecule has 60 heavy (non-hydrogen) atoms. The van der Waals surface area contributed by atoms with E-state index in [0.717, 1.165) is 74.6 Å². The Morgan fingerprint density at radius 2 is 1.60 bits per heavy atom. The third kappa shape index (κ3) is 7.40. The molecule has 17 nitrogen and oxygen atoms in total. The van der Waals surface area contributed by atoms with Gasteiger partial charge in [-0.05, 0) is 67.6 Å². The number of likely N-dealkylation sites (tertiary alicyclic amines) is 1. The summed E-state index contributed by atoms with van der Waals surface area (Å²) in [5, 5.41) is 6.69. The number of amides is 5. The predicted molar refractivity (Wildman–Crippen MR) is 223 cm³/mol. The second kappa shape index (κ2) is 15.8. The SMILES string of the molecule is CN1CC[C@H](Oc2cc3cc(Nc4nc(N5CCC(CN6CCN(c7ccc8c(c7)C(=O)N(C7CCC(=O)NC7=O)C8=O)CC6)CC5)ncc4Cl)ccc3n(C)c2=O)C1=O. The number of nitrogens with zero attached hydrogens (tertiary/aromatic N) is 8. The molecule has 2 atom stereocenters. The van der Waals surface area contributed by atoms with Gasteiger partial charge in [0.15, 0.2) is 17.7 Å². The highest BCUT2D eigenvalue weighted by atomic mass is 35.5. The number of piperidine rings is 2. The van der Waals surface area contributed by atoms with E-state index >= 15 is 0 Å². The fourth-order valence-electron chi connectivity index (χ4n) is 8.93. The summed E-state index contributed by atoms with van der Waals surface area (Å²) in [5.41, 5.74) is 2.55. The van der Waals surface area contributed by atoms with Crippen molar-refractivity contribution in [2.45, 2.75) is 44.2 Å². The van der Waals surface area contributed by atoms with Crippen LogP contribution in [-0.2, 0) is 21.4 Å². The molecule has 0 radical (unpaired) electrons. The first-order valence-electron chi connectivity index (χ1n) is 20.3. The minimum Gasteiger partial charge on any atom is -0.475 e. The van der Waals surface area contributed by atoms with Crippen LogP contribution in [-0.4, -0.2) is 130 Å². The van der Waals surface area contributed by atoms with E-state index in [1.54, 1.807) is 43.4 Å². The van der Waals surface area contributed by atoms with Crippen molar-refractivity contribution in [2.75, 3.05) is 74.5 Å². The van der Waals surface area contributed by atoms with Crippen molar-refractivity contribution in [1.82, 2.24) is 34.6 Å². The number of pyridine rings is 1. The molecule has 5 aliphatic heterocycles. The fourth-order valence-corrected chi connectivity index (χ4v) is 9.07. The van der Waals surface area contributed by atoms with Crippen LogP contribution in [0.4, 0.5) is 23.1 Å². The predicted octanol–water partition coefficient (Wildman–Crippen LogP) is 2.77. The molecule has 2 N–H and O–H groups in total. The van der Waals surface area contributed by atoms with Crippen LogP contribution in [0.2, 0.25) is 5.02 Å². The average molecular weight is 837 g/mol. The second-order valence-corrected chi connectivity index (χ2v) is 16.6. The van der Waals surface area contributed by atoms with Gasteiger partial charge in [-0.3, -0.25) is 43.9 Å². The van der Waals surface area contributed by atoms with Crippen LogP contribution in [0, 0.1) is 5.92 Å². The number of hydrogen-bond donors (Lipinski definition) is 2. The van der Waals surface area contributed by atoms with Crippen molar-refractivity contribution in [2.24, 2.45) is 13.0 Å². The number of ether oxygens (including phenoxy) is 1. The monoisotopic (exact) mass is 836 g/mol. The summed E-state index contributed by atoms with van der Waals surface area (Å²) >= 11 is 6.59. The van der Waals surface area contributed by atoms with Gasteiger partial charge in [0.25, 0.3) is 23.3 Å². The Hall–Kier alpha value is -6.07. The van der Waals surface area contributed by atoms with Crippen LogP contribution in [0.25, 0.3) is 10.9 Å². The van der Waals surface area contributed by atoms with Crippen LogP contribution in [0.5, 0.6) is 5.75 Å². The number of anilines is 4. The van der Waals surface area contributed by atoms with E-state index in [1.165, 1.54) is 4.57 Å². The molecule has 4 fully saturated rings. The molecule has 0 saturated carbocycles. The van der Waals surface area contributed by atoms with Crippen LogP contribution >= 0.6 is 11.6 Å². The second-order valence-electron chi connectivity index (χ2n) is 16.2. The molecule has 2 aromatic heterocycles. The number of nitrogens with one attached hydrogen (secondary N) is 2. The molecule has 312 valence electrons. The zero-order chi connectivity index (χ0) is 41.8. The molecule has 9 rings (SSSR count). The van der Waals surface area contributed by atoms with Crippen LogP contribution in [0.1, 0.15) is 52.8 Å². The van der Waals surface area contributed by atoms with Crippen LogP contribution in [0.3, 0.4) is 0 Å². The van der Waals surface area contributed by atoms with Crippen molar-refractivity contribution >= 4 is 75.2 Å². The number of rotatable bonds is 9. The van der Waals surface area contributed by atoms with E-state index in [1.807, 2.05) is 24.3 Å². The Morgan fingerprint density at radius 3 is 2.33 bits per heavy atom. The number of aromatic nitrogens is 3. The third-order valence-corrected chi connectivity index (χ3v) is 12.7. The van der Waals surface area contributed by atoms with Crippen molar-refractivity contribution in [3.05, 3.63) is 75.2 Å². The summed E-state index contributed by atoms with van der Waals surface area (Å²) in [4.78, 5) is 95.0. The maximum atomic E-state index is 13.4. The minimum absolute atomic E-state index is 0.0816. The maximum Gasteiger partial charge on any atom is 0.293 e. The summed E-state index contributed by atoms with van der Waals surface area (Å²) in [6, 6.07) is 11.6. The standard InChI is InChI=1S/C42H45ClN10O7/c1-48-12-11-33(40(48)58)60-34-20-25-19-26(3-6-31(25)49(2)41(34)59)45-36-30(43)22-44-42(47-36)52-13-9-24(10-14-52)23-50-15-17-51(18-16-50)27-4-5-28-29(21-27)39(57)53(38(28)56)32-7-8-35(54)46-37(32)55/h3-6,19-22,24,32-33H,7-18,23H2,1-2H3,(H,44,45,47)(H,46,54,55)/t32?,33-/m0/s1. The fraction of sp³-hybridized carbons (Fsp3) is 0.429. The van der Waals surface area contributed by atoms with Gasteiger partial charge in [0, 0.05) is 96.1 Å². The van der Waals surface area contributed by atoms with E-state index in [-0.39, 0.29) is 35.6 Å². The highest BCUT2D eigenvalue weighted by Gasteiger charge is 2.45. The summed E-state index contributed by atoms with van der Waals surface area (Å²) in [6.45, 7) is 6.42. The number of carbonyl (C=O) groups is 5. The molecule has 0 bridgehead atoms. The zero-order valence-corrected chi connectivity index (χ0v) is 34.1. The number of piperazine rings is 1. The zero-order valence-electron chi connectivity index (χ0n) is 33.4. The summed E-state index contributed by atoms with van der Waals surface area (Å²) < 4.78 is 7.43. The highest BCUT2D eigenvalue weighted by molar-refractivity contribution is 6.33. The van der Waals surface area contributed by atoms with Gasteiger partial charge in [0.2, 0.25) is 17.8 Å². The van der Waals surface area contributed by atoms with E-state index < -0.39 is 35.8 Å². The molecule has 4 saturated heterocycles. The van der Waals surface area contributed by atoms with Crippen molar-refractivity contribution in [3.8, 4) is 5.75 Å². The van der Waals surface area contributed by atoms with Gasteiger partial charge in [-0.2, -0.15) is 4.98 Å². The first kappa shape index (κ1) is 39.4. The number of benzene rings is 2. The minimum atomic E-state index is -0.986. The van der Waals surface area contributed by atoms with Gasteiger partial charge in [0.1, 0.15) is 11.1 Å². The number of hydrogen-bond acceptors (Lipinski definition) is 13. The lowest BCUT2D eigenvalue weighted by atomic mass is 9.96. The molecule has 5 aliphatic rings. The number of aryl methyl sites for hydroxylation is 1. The number of carbonyl (C=O) groups excluding carboxylic acids is 5. The molecule has 18 heteroatoms. The molecule has 0 spiro atoms. The van der Waals surface area contributed by atoms with Crippen molar-refractivity contribution < 1.29 is 28.7 Å². The smallest absolute Gasteiger partial charge is 0.293 e. The summed E-state index contributed by atoms with van der Waals surface area (Å²) in [6.07, 6.45) is 3.62. The Balaban J connectivity index is 0.784. The molecular weight excluding hydrogens is 792 g/mol. The van der Waals surface area contributed by atoms with E-state index in [9.17, 15) is 28.8 Å². The molecule has 0 aliphatic carbocycles. The first-order valence-corrected chi connectivity index (χ1v) is 20.7. The maximum absolute atomic E-state index is 13.4. The normalized spacial score (nSPS) is 21.6. The third-order valence-electron chi connectivity index (χ3n) is 12.4. The number of halogens is 1. The van der Waals surface area contributed by atoms with Crippen LogP contribution in [0.15, 0.2) is 53.5 Å². The van der Waals surface area contributed by atoms with E-state index in [2.05, 4.69) is 30.3 Å². The lowest BCUT2D eigenvalue weighted by Gasteiger charge is -2.39. The Kier molecular flexibility index (Phi) is 10.4. The largest absolute Gasteiger partial charge is 0.475 e. The lowest BCUT2D eigenvalue weighted by molar-refractivity contribution is -0.136. The van der Waals surface area contributed by atoms with Crippen molar-refractivity contribution in [3.63, 3.8) is 0 Å². The Bertz CT molecular complexity index is 2500. The van der Waals surface area contributed by atoms with Gasteiger partial charge < -0.3 is 29.3 Å². The highest BCUT2D eigenvalue weighted by Crippen LogP contribution is 2.33. The van der Waals surface area contributed by atoms with Crippen LogP contribution < -0.4 is 30.7 Å². The quantitative estimate of drug-likeness (QED) is 0.235. The number of imide groups is 2. The van der Waals surface area contributed by atoms with Gasteiger partial charge >= 0.3 is 0 Å². The number of fused-ring (bicyclic) bond motifs is 2. The van der Waals surface area contributed by atoms with Gasteiger partial charge in [-0.1, -0.05) is 11.6 Å². The molecule has 2 aromatic carbocycles. The first-order chi connectivity index (χ1) is 28.9. The molecule has 7 heterocycles. The van der Waals surface area contributed by atoms with Gasteiger partial charge in [-0.25, -0.2) is 4.98 Å². The van der Waals surface area contributed by atoms with E-state index in [4.69, 9.17) is 21.3 Å². The molecular formula is C42H45ClN10O7. The lowest BCUT2D eigenvalue weighted by Crippen LogP contribution is -2.54. The van der Waals surface area contributed by atoms with Gasteiger partial charge in [0.05, 0.1) is 22.8 Å². The molecule has 5 amide bonds. The van der Waals surface area contributed by atoms with Gasteiger partial charge in [-0.15, -0.1) is 0 Å². The van der Waals surface area contributed by atoms with E-state index in [0.29, 0.717) is 52.4 Å². The summed E-state index contributed by atoms with van der Waals surface area (Å²) in [7, 11) is 3.40. The Morgan fingerprint density at radius 1 is 0.833 bits per heavy atom. The summed E-state index contributed by atoms with van der Waals surface area (Å²) in [5.74, 6) is -0.466. The topological polar surface area (TPSA) is 183 Å².